The molecule has 9 nitrogen and oxygen atoms in total. The first-order chi connectivity index (χ1) is 14.1. The number of rotatable bonds is 6. The molecule has 2 fully saturated rings. The number of benzene rings is 1. The van der Waals surface area contributed by atoms with E-state index >= 15 is 0 Å². The summed E-state index contributed by atoms with van der Waals surface area (Å²) in [6.07, 6.45) is 2.92. The molecule has 1 aliphatic carbocycles. The molecule has 1 saturated heterocycles. The van der Waals surface area contributed by atoms with Crippen LogP contribution in [-0.4, -0.2) is 49.1 Å². The standard InChI is InChI=1S/C20H26N2O7S/c1-13(23)20-9-17-8-15(6-7-16(17)11-21(20)14(2)24)12-29-30(27,28)19-5-3-4-18(10-19)22(25)26/h3-5,10,15-17,20H,6-9,11-12H2,1-2H3/t15-,16-,17+,20-/m0/s1. The van der Waals surface area contributed by atoms with E-state index in [-0.39, 0.29) is 40.7 Å². The van der Waals surface area contributed by atoms with Gasteiger partial charge in [-0.25, -0.2) is 0 Å². The van der Waals surface area contributed by atoms with E-state index in [9.17, 15) is 28.1 Å². The van der Waals surface area contributed by atoms with Crippen LogP contribution >= 0.6 is 0 Å². The van der Waals surface area contributed by atoms with Gasteiger partial charge in [-0.15, -0.1) is 0 Å². The van der Waals surface area contributed by atoms with Crippen molar-refractivity contribution in [2.75, 3.05) is 13.2 Å². The number of piperidine rings is 1. The molecule has 0 bridgehead atoms. The number of likely N-dealkylation sites (tertiary alicyclic amines) is 1. The molecule has 0 unspecified atom stereocenters. The zero-order chi connectivity index (χ0) is 22.1. The molecule has 4 atom stereocenters. The van der Waals surface area contributed by atoms with Gasteiger partial charge in [0.25, 0.3) is 15.8 Å². The zero-order valence-corrected chi connectivity index (χ0v) is 17.8. The van der Waals surface area contributed by atoms with Gasteiger partial charge in [-0.05, 0) is 56.4 Å². The minimum absolute atomic E-state index is 0.00456. The van der Waals surface area contributed by atoms with Crippen molar-refractivity contribution in [3.8, 4) is 0 Å². The highest BCUT2D eigenvalue weighted by atomic mass is 32.2. The van der Waals surface area contributed by atoms with E-state index in [0.717, 1.165) is 25.3 Å². The number of non-ortho nitro benzene ring substituents is 1. The smallest absolute Gasteiger partial charge is 0.297 e. The van der Waals surface area contributed by atoms with Crippen molar-refractivity contribution < 1.29 is 27.1 Å². The fourth-order valence-electron chi connectivity index (χ4n) is 4.64. The lowest BCUT2D eigenvalue weighted by atomic mass is 9.69. The van der Waals surface area contributed by atoms with Gasteiger partial charge >= 0.3 is 0 Å². The molecule has 1 heterocycles. The second kappa shape index (κ2) is 8.81. The Balaban J connectivity index is 1.63. The minimum Gasteiger partial charge on any atom is -0.333 e. The predicted molar refractivity (Wildman–Crippen MR) is 107 cm³/mol. The Morgan fingerprint density at radius 1 is 1.20 bits per heavy atom. The van der Waals surface area contributed by atoms with Crippen molar-refractivity contribution in [3.63, 3.8) is 0 Å². The zero-order valence-electron chi connectivity index (χ0n) is 17.0. The number of nitrogens with zero attached hydrogens (tertiary/aromatic N) is 2. The van der Waals surface area contributed by atoms with Crippen LogP contribution in [0.2, 0.25) is 0 Å². The molecule has 3 rings (SSSR count). The number of nitro groups is 1. The SMILES string of the molecule is CC(=O)[C@@H]1C[C@H]2C[C@@H](COS(=O)(=O)c3cccc([N+](=O)[O-])c3)CC[C@H]2CN1C(C)=O. The summed E-state index contributed by atoms with van der Waals surface area (Å²) in [5.74, 6) is 0.417. The Bertz CT molecular complexity index is 946. The summed E-state index contributed by atoms with van der Waals surface area (Å²) in [7, 11) is -4.10. The van der Waals surface area contributed by atoms with E-state index < -0.39 is 21.1 Å². The molecule has 0 aromatic heterocycles. The van der Waals surface area contributed by atoms with Crippen molar-refractivity contribution in [2.24, 2.45) is 17.8 Å². The molecule has 2 aliphatic rings. The molecule has 1 aromatic rings. The maximum atomic E-state index is 12.5. The van der Waals surface area contributed by atoms with E-state index in [1.807, 2.05) is 0 Å². The van der Waals surface area contributed by atoms with Crippen LogP contribution in [0.4, 0.5) is 5.69 Å². The van der Waals surface area contributed by atoms with Gasteiger partial charge in [0, 0.05) is 25.6 Å². The molecule has 1 aliphatic heterocycles. The lowest BCUT2D eigenvalue weighted by molar-refractivity contribution is -0.385. The van der Waals surface area contributed by atoms with Crippen molar-refractivity contribution in [2.45, 2.75) is 50.5 Å². The lowest BCUT2D eigenvalue weighted by Gasteiger charge is -2.46. The highest BCUT2D eigenvalue weighted by Crippen LogP contribution is 2.41. The first kappa shape index (κ1) is 22.4. The second-order valence-corrected chi connectivity index (χ2v) is 9.84. The molecule has 0 radical (unpaired) electrons. The molecule has 30 heavy (non-hydrogen) atoms. The topological polar surface area (TPSA) is 124 Å². The van der Waals surface area contributed by atoms with Crippen LogP contribution in [0.1, 0.15) is 39.5 Å². The number of hydrogen-bond acceptors (Lipinski definition) is 7. The fraction of sp³-hybridized carbons (Fsp3) is 0.600. The summed E-state index contributed by atoms with van der Waals surface area (Å²) in [6.45, 7) is 3.53. The first-order valence-electron chi connectivity index (χ1n) is 10.00. The molecule has 1 saturated carbocycles. The summed E-state index contributed by atoms with van der Waals surface area (Å²) >= 11 is 0. The van der Waals surface area contributed by atoms with Crippen LogP contribution in [0, 0.1) is 27.9 Å². The Hall–Kier alpha value is -2.33. The molecule has 0 N–H and O–H groups in total. The summed E-state index contributed by atoms with van der Waals surface area (Å²) in [4.78, 5) is 35.6. The molecular weight excluding hydrogens is 412 g/mol. The van der Waals surface area contributed by atoms with E-state index in [0.29, 0.717) is 18.9 Å². The number of Topliss-reactive ketones (excluding diaryl/α,β-unsaturated/α-hetero) is 1. The fourth-order valence-corrected chi connectivity index (χ4v) is 5.66. The van der Waals surface area contributed by atoms with Crippen LogP contribution in [-0.2, 0) is 23.9 Å². The molecule has 0 spiro atoms. The van der Waals surface area contributed by atoms with Gasteiger partial charge in [-0.2, -0.15) is 8.42 Å². The third-order valence-electron chi connectivity index (χ3n) is 6.23. The Labute approximate surface area is 175 Å². The van der Waals surface area contributed by atoms with Crippen LogP contribution in [0.25, 0.3) is 0 Å². The van der Waals surface area contributed by atoms with Crippen LogP contribution in [0.15, 0.2) is 29.2 Å². The Kier molecular flexibility index (Phi) is 6.56. The van der Waals surface area contributed by atoms with Gasteiger partial charge in [0.2, 0.25) is 5.91 Å². The number of carbonyl (C=O) groups is 2. The Morgan fingerprint density at radius 3 is 2.57 bits per heavy atom. The Morgan fingerprint density at radius 2 is 1.93 bits per heavy atom. The lowest BCUT2D eigenvalue weighted by Crippen LogP contribution is -2.53. The van der Waals surface area contributed by atoms with Gasteiger partial charge in [0.1, 0.15) is 4.90 Å². The van der Waals surface area contributed by atoms with E-state index in [4.69, 9.17) is 4.18 Å². The minimum atomic E-state index is -4.10. The third-order valence-corrected chi connectivity index (χ3v) is 7.51. The van der Waals surface area contributed by atoms with E-state index in [2.05, 4.69) is 0 Å². The molecule has 164 valence electrons. The highest BCUT2D eigenvalue weighted by molar-refractivity contribution is 7.86. The van der Waals surface area contributed by atoms with Gasteiger partial charge in [0.15, 0.2) is 5.78 Å². The normalized spacial score (nSPS) is 26.7. The first-order valence-corrected chi connectivity index (χ1v) is 11.4. The van der Waals surface area contributed by atoms with Gasteiger partial charge < -0.3 is 4.90 Å². The van der Waals surface area contributed by atoms with Crippen molar-refractivity contribution in [1.29, 1.82) is 0 Å². The number of ketones is 1. The third kappa shape index (κ3) is 4.86. The average molecular weight is 439 g/mol. The summed E-state index contributed by atoms with van der Waals surface area (Å²) in [5.41, 5.74) is -0.312. The predicted octanol–water partition coefficient (Wildman–Crippen LogP) is 2.54. The monoisotopic (exact) mass is 438 g/mol. The number of fused-ring (bicyclic) bond motifs is 1. The van der Waals surface area contributed by atoms with E-state index in [1.54, 1.807) is 4.90 Å². The number of carbonyl (C=O) groups excluding carboxylic acids is 2. The number of nitro benzene ring substituents is 1. The summed E-state index contributed by atoms with van der Waals surface area (Å²) in [5, 5.41) is 10.9. The van der Waals surface area contributed by atoms with Gasteiger partial charge in [0.05, 0.1) is 17.6 Å². The van der Waals surface area contributed by atoms with Crippen LogP contribution in [0.5, 0.6) is 0 Å². The van der Waals surface area contributed by atoms with Gasteiger partial charge in [-0.1, -0.05) is 6.07 Å². The van der Waals surface area contributed by atoms with Crippen LogP contribution < -0.4 is 0 Å². The molecule has 1 amide bonds. The molecule has 1 aromatic carbocycles. The van der Waals surface area contributed by atoms with Crippen molar-refractivity contribution >= 4 is 27.5 Å². The highest BCUT2D eigenvalue weighted by Gasteiger charge is 2.41. The maximum absolute atomic E-state index is 12.5. The average Bonchev–Trinajstić information content (AvgIpc) is 2.71. The summed E-state index contributed by atoms with van der Waals surface area (Å²) < 4.78 is 30.1. The van der Waals surface area contributed by atoms with Gasteiger partial charge in [-0.3, -0.25) is 23.9 Å². The summed E-state index contributed by atoms with van der Waals surface area (Å²) in [6, 6.07) is 4.37. The largest absolute Gasteiger partial charge is 0.333 e. The van der Waals surface area contributed by atoms with Crippen LogP contribution in [0.3, 0.4) is 0 Å². The molecular formula is C20H26N2O7S. The second-order valence-electron chi connectivity index (χ2n) is 8.23. The number of hydrogen-bond donors (Lipinski definition) is 0. The maximum Gasteiger partial charge on any atom is 0.297 e. The molecule has 10 heteroatoms. The van der Waals surface area contributed by atoms with Crippen molar-refractivity contribution in [1.82, 2.24) is 4.90 Å². The number of amides is 1. The van der Waals surface area contributed by atoms with E-state index in [1.165, 1.54) is 32.0 Å². The van der Waals surface area contributed by atoms with Crippen molar-refractivity contribution in [3.05, 3.63) is 34.4 Å². The quantitative estimate of drug-likeness (QED) is 0.380.